The number of pyridine rings is 1. The summed E-state index contributed by atoms with van der Waals surface area (Å²) >= 11 is 0. The van der Waals surface area contributed by atoms with Crippen LogP contribution in [0, 0.1) is 13.8 Å². The average Bonchev–Trinajstić information content (AvgIpc) is 2.96. The molecule has 0 bridgehead atoms. The lowest BCUT2D eigenvalue weighted by Gasteiger charge is -2.16. The van der Waals surface area contributed by atoms with Crippen LogP contribution in [0.25, 0.3) is 10.9 Å². The minimum Gasteiger partial charge on any atom is -0.388 e. The van der Waals surface area contributed by atoms with E-state index in [1.165, 1.54) is 59.1 Å². The van der Waals surface area contributed by atoms with Gasteiger partial charge in [-0.05, 0) is 43.9 Å². The second-order valence-corrected chi connectivity index (χ2v) is 5.75. The summed E-state index contributed by atoms with van der Waals surface area (Å²) in [6.45, 7) is 4.33. The highest BCUT2D eigenvalue weighted by molar-refractivity contribution is 5.96. The average molecular weight is 254 g/mol. The number of aryl methyl sites for hydroxylation is 2. The molecule has 2 heteroatoms. The first kappa shape index (κ1) is 12.5. The molecule has 1 N–H and O–H groups in total. The molecule has 1 aromatic carbocycles. The van der Waals surface area contributed by atoms with Gasteiger partial charge in [-0.3, -0.25) is 4.98 Å². The van der Waals surface area contributed by atoms with Crippen LogP contribution >= 0.6 is 0 Å². The van der Waals surface area contributed by atoms with Crippen LogP contribution in [0.1, 0.15) is 48.4 Å². The van der Waals surface area contributed by atoms with E-state index in [1.54, 1.807) is 0 Å². The molecular formula is C17H22N2. The minimum atomic E-state index is 0.663. The fourth-order valence-electron chi connectivity index (χ4n) is 3.29. The number of fused-ring (bicyclic) bond motifs is 1. The van der Waals surface area contributed by atoms with E-state index in [0.29, 0.717) is 5.92 Å². The first-order valence-corrected chi connectivity index (χ1v) is 7.29. The Morgan fingerprint density at radius 1 is 1.11 bits per heavy atom. The van der Waals surface area contributed by atoms with Gasteiger partial charge in [-0.2, -0.15) is 0 Å². The Morgan fingerprint density at radius 2 is 1.79 bits per heavy atom. The molecule has 0 aliphatic heterocycles. The Labute approximate surface area is 115 Å². The summed E-state index contributed by atoms with van der Waals surface area (Å²) in [6, 6.07) is 6.64. The molecule has 1 saturated carbocycles. The summed E-state index contributed by atoms with van der Waals surface area (Å²) in [5, 5.41) is 4.64. The zero-order chi connectivity index (χ0) is 13.4. The predicted octanol–water partition coefficient (Wildman–Crippen LogP) is 4.55. The van der Waals surface area contributed by atoms with Crippen molar-refractivity contribution in [2.75, 3.05) is 12.4 Å². The predicted molar refractivity (Wildman–Crippen MR) is 82.0 cm³/mol. The molecule has 1 aliphatic rings. The van der Waals surface area contributed by atoms with E-state index in [4.69, 9.17) is 4.98 Å². The van der Waals surface area contributed by atoms with Gasteiger partial charge in [0.15, 0.2) is 0 Å². The third-order valence-electron chi connectivity index (χ3n) is 4.43. The van der Waals surface area contributed by atoms with Crippen LogP contribution in [0.15, 0.2) is 18.2 Å². The number of aromatic nitrogens is 1. The fourth-order valence-corrected chi connectivity index (χ4v) is 3.29. The Balaban J connectivity index is 2.24. The second-order valence-electron chi connectivity index (χ2n) is 5.75. The van der Waals surface area contributed by atoms with Crippen LogP contribution in [0.3, 0.4) is 0 Å². The molecule has 0 unspecified atom stereocenters. The van der Waals surface area contributed by atoms with E-state index in [9.17, 15) is 0 Å². The molecule has 19 heavy (non-hydrogen) atoms. The third-order valence-corrected chi connectivity index (χ3v) is 4.43. The SMILES string of the molecule is CNc1cc(C2CCCC2)nc2c(C)ccc(C)c12. The molecule has 0 amide bonds. The van der Waals surface area contributed by atoms with E-state index in [2.05, 4.69) is 37.4 Å². The topological polar surface area (TPSA) is 24.9 Å². The standard InChI is InChI=1S/C17H22N2/c1-11-8-9-12(2)17-16(11)15(18-3)10-14(19-17)13-6-4-5-7-13/h8-10,13H,4-7H2,1-3H3,(H,18,19). The number of anilines is 1. The zero-order valence-electron chi connectivity index (χ0n) is 12.1. The van der Waals surface area contributed by atoms with Crippen molar-refractivity contribution in [2.45, 2.75) is 45.4 Å². The molecular weight excluding hydrogens is 232 g/mol. The minimum absolute atomic E-state index is 0.663. The Hall–Kier alpha value is -1.57. The van der Waals surface area contributed by atoms with Crippen molar-refractivity contribution < 1.29 is 0 Å². The van der Waals surface area contributed by atoms with E-state index in [-0.39, 0.29) is 0 Å². The number of benzene rings is 1. The maximum atomic E-state index is 4.99. The number of hydrogen-bond acceptors (Lipinski definition) is 2. The van der Waals surface area contributed by atoms with Crippen molar-refractivity contribution in [3.05, 3.63) is 35.0 Å². The summed E-state index contributed by atoms with van der Waals surface area (Å²) < 4.78 is 0. The molecule has 1 aromatic heterocycles. The van der Waals surface area contributed by atoms with Gasteiger partial charge in [-0.25, -0.2) is 0 Å². The highest BCUT2D eigenvalue weighted by atomic mass is 14.8. The number of nitrogens with one attached hydrogen (secondary N) is 1. The lowest BCUT2D eigenvalue weighted by atomic mass is 9.98. The van der Waals surface area contributed by atoms with E-state index in [0.717, 1.165) is 0 Å². The van der Waals surface area contributed by atoms with Crippen LogP contribution in [0.4, 0.5) is 5.69 Å². The summed E-state index contributed by atoms with van der Waals surface area (Å²) in [6.07, 6.45) is 5.30. The van der Waals surface area contributed by atoms with Crippen LogP contribution in [-0.4, -0.2) is 12.0 Å². The Bertz CT molecular complexity index is 610. The van der Waals surface area contributed by atoms with Crippen molar-refractivity contribution in [1.29, 1.82) is 0 Å². The Kier molecular flexibility index (Phi) is 3.17. The zero-order valence-corrected chi connectivity index (χ0v) is 12.1. The van der Waals surface area contributed by atoms with Crippen molar-refractivity contribution in [3.63, 3.8) is 0 Å². The van der Waals surface area contributed by atoms with Gasteiger partial charge in [0.2, 0.25) is 0 Å². The normalized spacial score (nSPS) is 16.2. The van der Waals surface area contributed by atoms with Crippen molar-refractivity contribution in [2.24, 2.45) is 0 Å². The molecule has 1 heterocycles. The summed E-state index contributed by atoms with van der Waals surface area (Å²) in [5.41, 5.74) is 6.26. The molecule has 2 aromatic rings. The van der Waals surface area contributed by atoms with Gasteiger partial charge in [0, 0.05) is 29.7 Å². The summed E-state index contributed by atoms with van der Waals surface area (Å²) in [7, 11) is 2.01. The van der Waals surface area contributed by atoms with Crippen LogP contribution in [-0.2, 0) is 0 Å². The number of nitrogens with zero attached hydrogens (tertiary/aromatic N) is 1. The van der Waals surface area contributed by atoms with Gasteiger partial charge in [-0.1, -0.05) is 25.0 Å². The van der Waals surface area contributed by atoms with Crippen LogP contribution in [0.2, 0.25) is 0 Å². The van der Waals surface area contributed by atoms with Gasteiger partial charge in [0.1, 0.15) is 0 Å². The van der Waals surface area contributed by atoms with Crippen molar-refractivity contribution in [1.82, 2.24) is 4.98 Å². The second kappa shape index (κ2) is 4.84. The fraction of sp³-hybridized carbons (Fsp3) is 0.471. The maximum Gasteiger partial charge on any atom is 0.0758 e. The maximum absolute atomic E-state index is 4.99. The van der Waals surface area contributed by atoms with Crippen LogP contribution < -0.4 is 5.32 Å². The first-order chi connectivity index (χ1) is 9.20. The molecule has 1 aliphatic carbocycles. The largest absolute Gasteiger partial charge is 0.388 e. The highest BCUT2D eigenvalue weighted by Gasteiger charge is 2.20. The first-order valence-electron chi connectivity index (χ1n) is 7.29. The lowest BCUT2D eigenvalue weighted by molar-refractivity contribution is 0.701. The molecule has 0 saturated heterocycles. The molecule has 2 nitrogen and oxygen atoms in total. The van der Waals surface area contributed by atoms with Gasteiger partial charge >= 0.3 is 0 Å². The van der Waals surface area contributed by atoms with Crippen LogP contribution in [0.5, 0.6) is 0 Å². The van der Waals surface area contributed by atoms with Gasteiger partial charge in [0.25, 0.3) is 0 Å². The molecule has 100 valence electrons. The molecule has 1 fully saturated rings. The summed E-state index contributed by atoms with van der Waals surface area (Å²) in [4.78, 5) is 4.99. The molecule has 0 atom stereocenters. The Morgan fingerprint density at radius 3 is 2.47 bits per heavy atom. The van der Waals surface area contributed by atoms with E-state index >= 15 is 0 Å². The van der Waals surface area contributed by atoms with E-state index < -0.39 is 0 Å². The third kappa shape index (κ3) is 2.09. The molecule has 0 radical (unpaired) electrons. The summed E-state index contributed by atoms with van der Waals surface area (Å²) in [5.74, 6) is 0.663. The van der Waals surface area contributed by atoms with Gasteiger partial charge in [0.05, 0.1) is 5.52 Å². The molecule has 0 spiro atoms. The van der Waals surface area contributed by atoms with Gasteiger partial charge in [-0.15, -0.1) is 0 Å². The molecule has 3 rings (SSSR count). The lowest BCUT2D eigenvalue weighted by Crippen LogP contribution is -2.02. The van der Waals surface area contributed by atoms with Gasteiger partial charge < -0.3 is 5.32 Å². The van der Waals surface area contributed by atoms with Crippen molar-refractivity contribution in [3.8, 4) is 0 Å². The quantitative estimate of drug-likeness (QED) is 0.850. The van der Waals surface area contributed by atoms with Crippen molar-refractivity contribution >= 4 is 16.6 Å². The number of hydrogen-bond donors (Lipinski definition) is 1. The smallest absolute Gasteiger partial charge is 0.0758 e. The monoisotopic (exact) mass is 254 g/mol. The van der Waals surface area contributed by atoms with E-state index in [1.807, 2.05) is 7.05 Å². The highest BCUT2D eigenvalue weighted by Crippen LogP contribution is 2.37. The number of rotatable bonds is 2.